The molecule has 0 fully saturated rings. The summed E-state index contributed by atoms with van der Waals surface area (Å²) in [6.45, 7) is 8.26. The highest BCUT2D eigenvalue weighted by atomic mass is 19.4. The summed E-state index contributed by atoms with van der Waals surface area (Å²) in [7, 11) is 1.64. The van der Waals surface area contributed by atoms with Gasteiger partial charge in [-0.2, -0.15) is 13.2 Å². The first kappa shape index (κ1) is 21.0. The topological polar surface area (TPSA) is 38.3 Å². The Bertz CT molecular complexity index is 959. The number of benzene rings is 2. The number of nitrogens with one attached hydrogen (secondary N) is 1. The molecule has 29 heavy (non-hydrogen) atoms. The molecule has 1 aliphatic heterocycles. The maximum Gasteiger partial charge on any atom is 0.416 e. The van der Waals surface area contributed by atoms with Gasteiger partial charge in [0.2, 0.25) is 0 Å². The van der Waals surface area contributed by atoms with Gasteiger partial charge in [-0.3, -0.25) is 4.79 Å². The number of fused-ring (bicyclic) bond motifs is 1. The number of ether oxygens (including phenoxy) is 1. The first-order chi connectivity index (χ1) is 13.5. The Labute approximate surface area is 168 Å². The van der Waals surface area contributed by atoms with Gasteiger partial charge in [0, 0.05) is 16.8 Å². The van der Waals surface area contributed by atoms with Gasteiger partial charge in [-0.25, -0.2) is 0 Å². The van der Waals surface area contributed by atoms with Gasteiger partial charge in [-0.15, -0.1) is 0 Å². The fourth-order valence-electron chi connectivity index (χ4n) is 3.56. The molecule has 1 aliphatic rings. The van der Waals surface area contributed by atoms with Crippen LogP contribution in [-0.2, 0) is 11.0 Å². The van der Waals surface area contributed by atoms with Crippen molar-refractivity contribution in [1.29, 1.82) is 0 Å². The van der Waals surface area contributed by atoms with Crippen LogP contribution in [0.1, 0.15) is 67.3 Å². The van der Waals surface area contributed by atoms with Crippen molar-refractivity contribution < 1.29 is 22.7 Å². The predicted octanol–water partition coefficient (Wildman–Crippen LogP) is 6.45. The Morgan fingerprint density at radius 1 is 1.00 bits per heavy atom. The predicted molar refractivity (Wildman–Crippen MR) is 109 cm³/mol. The molecule has 0 unspecified atom stereocenters. The summed E-state index contributed by atoms with van der Waals surface area (Å²) in [5, 5.41) is 2.55. The van der Waals surface area contributed by atoms with Crippen molar-refractivity contribution in [3.8, 4) is 5.75 Å². The fourth-order valence-corrected chi connectivity index (χ4v) is 3.56. The molecule has 6 heteroatoms. The van der Waals surface area contributed by atoms with Crippen molar-refractivity contribution in [3.05, 3.63) is 58.1 Å². The molecule has 0 radical (unpaired) electrons. The molecular formula is C23H24F3NO2. The number of hydrogen-bond donors (Lipinski definition) is 1. The van der Waals surface area contributed by atoms with Crippen LogP contribution in [0, 0.1) is 0 Å². The van der Waals surface area contributed by atoms with Crippen molar-refractivity contribution in [2.75, 3.05) is 12.4 Å². The molecule has 0 aliphatic carbocycles. The van der Waals surface area contributed by atoms with Crippen molar-refractivity contribution >= 4 is 23.2 Å². The van der Waals surface area contributed by atoms with E-state index in [0.29, 0.717) is 11.1 Å². The van der Waals surface area contributed by atoms with Gasteiger partial charge in [0.15, 0.2) is 0 Å². The molecule has 2 aromatic carbocycles. The molecule has 1 N–H and O–H groups in total. The molecule has 1 heterocycles. The van der Waals surface area contributed by atoms with Gasteiger partial charge >= 0.3 is 6.18 Å². The highest BCUT2D eigenvalue weighted by molar-refractivity contribution is 6.35. The Hall–Kier alpha value is -2.76. The van der Waals surface area contributed by atoms with E-state index in [1.165, 1.54) is 6.07 Å². The van der Waals surface area contributed by atoms with E-state index in [9.17, 15) is 18.0 Å². The van der Waals surface area contributed by atoms with Gasteiger partial charge < -0.3 is 10.1 Å². The fraction of sp³-hybridized carbons (Fsp3) is 0.348. The number of carbonyl (C=O) groups excluding carboxylic acids is 1. The van der Waals surface area contributed by atoms with E-state index in [4.69, 9.17) is 4.74 Å². The van der Waals surface area contributed by atoms with Crippen molar-refractivity contribution in [2.45, 2.75) is 45.7 Å². The number of alkyl halides is 3. The van der Waals surface area contributed by atoms with Crippen LogP contribution in [0.25, 0.3) is 11.6 Å². The maximum atomic E-state index is 13.0. The van der Waals surface area contributed by atoms with Crippen LogP contribution in [0.3, 0.4) is 0 Å². The minimum absolute atomic E-state index is 0.178. The standard InChI is InChI=1S/C23H24F3NO2/c1-12(2)17-8-14(9-18(13(3)4)21(17)29-5)10-19-16-7-6-15(23(24,25)26)11-20(16)27-22(19)28/h6-13H,1-5H3,(H,27,28)/b19-10-. The molecule has 1 amide bonds. The molecule has 3 rings (SSSR count). The summed E-state index contributed by atoms with van der Waals surface area (Å²) in [6, 6.07) is 7.26. The summed E-state index contributed by atoms with van der Waals surface area (Å²) >= 11 is 0. The van der Waals surface area contributed by atoms with Gasteiger partial charge in [0.05, 0.1) is 12.7 Å². The highest BCUT2D eigenvalue weighted by Gasteiger charge is 2.33. The van der Waals surface area contributed by atoms with Crippen molar-refractivity contribution in [2.24, 2.45) is 0 Å². The Balaban J connectivity index is 2.13. The average molecular weight is 403 g/mol. The highest BCUT2D eigenvalue weighted by Crippen LogP contribution is 2.40. The lowest BCUT2D eigenvalue weighted by Gasteiger charge is -2.19. The third-order valence-corrected chi connectivity index (χ3v) is 5.06. The molecule has 0 atom stereocenters. The second kappa shape index (κ2) is 7.58. The molecule has 0 aromatic heterocycles. The van der Waals surface area contributed by atoms with Crippen LogP contribution in [0.2, 0.25) is 0 Å². The van der Waals surface area contributed by atoms with Crippen molar-refractivity contribution in [1.82, 2.24) is 0 Å². The summed E-state index contributed by atoms with van der Waals surface area (Å²) in [4.78, 5) is 12.5. The Morgan fingerprint density at radius 2 is 1.59 bits per heavy atom. The molecule has 0 bridgehead atoms. The first-order valence-corrected chi connectivity index (χ1v) is 9.49. The monoisotopic (exact) mass is 403 g/mol. The molecule has 0 saturated heterocycles. The number of anilines is 1. The van der Waals surface area contributed by atoms with Crippen LogP contribution in [0.4, 0.5) is 18.9 Å². The van der Waals surface area contributed by atoms with E-state index >= 15 is 0 Å². The number of carbonyl (C=O) groups is 1. The first-order valence-electron chi connectivity index (χ1n) is 9.49. The number of rotatable bonds is 4. The second-order valence-corrected chi connectivity index (χ2v) is 7.81. The Kier molecular flexibility index (Phi) is 5.48. The smallest absolute Gasteiger partial charge is 0.416 e. The van der Waals surface area contributed by atoms with E-state index in [2.05, 4.69) is 33.0 Å². The molecule has 0 spiro atoms. The van der Waals surface area contributed by atoms with Gasteiger partial charge in [0.25, 0.3) is 5.91 Å². The summed E-state index contributed by atoms with van der Waals surface area (Å²) in [5.41, 5.74) is 3.08. The normalized spacial score (nSPS) is 15.2. The average Bonchev–Trinajstić information content (AvgIpc) is 2.94. The third kappa shape index (κ3) is 4.02. The lowest BCUT2D eigenvalue weighted by molar-refractivity contribution is -0.137. The van der Waals surface area contributed by atoms with E-state index in [0.717, 1.165) is 34.6 Å². The quantitative estimate of drug-likeness (QED) is 0.596. The van der Waals surface area contributed by atoms with Crippen LogP contribution < -0.4 is 10.1 Å². The Morgan fingerprint density at radius 3 is 2.07 bits per heavy atom. The minimum atomic E-state index is -4.46. The third-order valence-electron chi connectivity index (χ3n) is 5.06. The molecule has 3 nitrogen and oxygen atoms in total. The zero-order valence-electron chi connectivity index (χ0n) is 17.1. The lowest BCUT2D eigenvalue weighted by Crippen LogP contribution is -2.06. The number of amides is 1. The van der Waals surface area contributed by atoms with Crippen LogP contribution in [0.15, 0.2) is 30.3 Å². The number of hydrogen-bond acceptors (Lipinski definition) is 2. The van der Waals surface area contributed by atoms with E-state index in [1.54, 1.807) is 13.2 Å². The maximum absolute atomic E-state index is 13.0. The molecule has 154 valence electrons. The van der Waals surface area contributed by atoms with Gasteiger partial charge in [-0.05, 0) is 58.9 Å². The van der Waals surface area contributed by atoms with Crippen LogP contribution >= 0.6 is 0 Å². The van der Waals surface area contributed by atoms with E-state index in [-0.39, 0.29) is 17.5 Å². The van der Waals surface area contributed by atoms with E-state index in [1.807, 2.05) is 12.1 Å². The summed E-state index contributed by atoms with van der Waals surface area (Å²) in [6.07, 6.45) is -2.73. The second-order valence-electron chi connectivity index (χ2n) is 7.81. The lowest BCUT2D eigenvalue weighted by atomic mass is 9.90. The van der Waals surface area contributed by atoms with Crippen LogP contribution in [-0.4, -0.2) is 13.0 Å². The zero-order valence-corrected chi connectivity index (χ0v) is 17.1. The summed E-state index contributed by atoms with van der Waals surface area (Å²) in [5.74, 6) is 0.843. The zero-order chi connectivity index (χ0) is 21.5. The summed E-state index contributed by atoms with van der Waals surface area (Å²) < 4.78 is 44.5. The van der Waals surface area contributed by atoms with Gasteiger partial charge in [0.1, 0.15) is 5.75 Å². The molecule has 0 saturated carbocycles. The van der Waals surface area contributed by atoms with Crippen molar-refractivity contribution in [3.63, 3.8) is 0 Å². The van der Waals surface area contributed by atoms with Gasteiger partial charge in [-0.1, -0.05) is 33.8 Å². The SMILES string of the molecule is COc1c(C(C)C)cc(/C=C2\C(=O)Nc3cc(C(F)(F)F)ccc32)cc1C(C)C. The molecule has 2 aromatic rings. The number of halogens is 3. The number of methoxy groups -OCH3 is 1. The van der Waals surface area contributed by atoms with E-state index < -0.39 is 17.6 Å². The molecular weight excluding hydrogens is 379 g/mol. The van der Waals surface area contributed by atoms with Crippen LogP contribution in [0.5, 0.6) is 5.75 Å². The minimum Gasteiger partial charge on any atom is -0.496 e. The largest absolute Gasteiger partial charge is 0.496 e.